The number of nitrogens with one attached hydrogen (secondary N) is 1. The van der Waals surface area contributed by atoms with Gasteiger partial charge in [-0.25, -0.2) is 9.46 Å². The summed E-state index contributed by atoms with van der Waals surface area (Å²) in [7, 11) is -4.61. The third-order valence-electron chi connectivity index (χ3n) is 11.7. The van der Waals surface area contributed by atoms with Crippen LogP contribution in [-0.4, -0.2) is 96.6 Å². The van der Waals surface area contributed by atoms with Gasteiger partial charge in [0.25, 0.3) is 11.8 Å². The van der Waals surface area contributed by atoms with Gasteiger partial charge in [0, 0.05) is 67.5 Å². The second-order valence-corrected chi connectivity index (χ2v) is 19.0. The number of phosphoric acid groups is 1. The molecule has 2 N–H and O–H groups in total. The Hall–Kier alpha value is -2.38. The number of imide groups is 1. The molecule has 1 aromatic carbocycles. The van der Waals surface area contributed by atoms with Crippen LogP contribution in [0.5, 0.6) is 0 Å². The second-order valence-electron chi connectivity index (χ2n) is 17.6. The summed E-state index contributed by atoms with van der Waals surface area (Å²) in [6.45, 7) is 3.31. The molecule has 1 aromatic rings. The van der Waals surface area contributed by atoms with Crippen molar-refractivity contribution in [3.8, 4) is 0 Å². The standard InChI is InChI=1S/C51H85N2O11P.Na/c1-3-5-7-9-11-13-15-17-19-21-23-25-27-32-50(57)61-42-46(64-51(58)33-28-26-24-22-20-18-16-14-12-10-8-6-4-2)43-63-65(59,60)62-41-40-52-47(54)31-29-30-44-34-36-45(37-35-44)53-48(55)38-39-49(53)56;/h34-39,46H,3-33,40-43H2,1-2H3,(H,52,54)(H,59,60);. The normalized spacial score (nSPS) is 13.7. The van der Waals surface area contributed by atoms with E-state index in [0.717, 1.165) is 49.0 Å². The van der Waals surface area contributed by atoms with Crippen LogP contribution in [0.15, 0.2) is 36.4 Å². The summed E-state index contributed by atoms with van der Waals surface area (Å²) < 4.78 is 34.0. The number of aryl methyl sites for hydroxylation is 1. The van der Waals surface area contributed by atoms with Crippen molar-refractivity contribution >= 4 is 72.7 Å². The number of carbonyl (C=O) groups excluding carboxylic acids is 5. The van der Waals surface area contributed by atoms with Crippen LogP contribution in [0, 0.1) is 0 Å². The molecule has 371 valence electrons. The van der Waals surface area contributed by atoms with E-state index < -0.39 is 32.5 Å². The fourth-order valence-corrected chi connectivity index (χ4v) is 8.52. The van der Waals surface area contributed by atoms with E-state index in [1.54, 1.807) is 24.3 Å². The largest absolute Gasteiger partial charge is 0.472 e. The molecule has 0 spiro atoms. The summed E-state index contributed by atoms with van der Waals surface area (Å²) in [5, 5.41) is 2.65. The number of rotatable bonds is 43. The van der Waals surface area contributed by atoms with Gasteiger partial charge in [-0.15, -0.1) is 0 Å². The van der Waals surface area contributed by atoms with Crippen LogP contribution in [0.25, 0.3) is 0 Å². The van der Waals surface area contributed by atoms with E-state index in [-0.39, 0.29) is 86.3 Å². The molecule has 13 nitrogen and oxygen atoms in total. The van der Waals surface area contributed by atoms with Crippen molar-refractivity contribution in [1.29, 1.82) is 0 Å². The van der Waals surface area contributed by atoms with Gasteiger partial charge >= 0.3 is 19.8 Å². The molecule has 1 aliphatic rings. The second kappa shape index (κ2) is 40.5. The van der Waals surface area contributed by atoms with Crippen molar-refractivity contribution in [1.82, 2.24) is 5.32 Å². The minimum Gasteiger partial charge on any atom is -0.462 e. The molecule has 2 rings (SSSR count). The van der Waals surface area contributed by atoms with Crippen molar-refractivity contribution in [3.05, 3.63) is 42.0 Å². The summed E-state index contributed by atoms with van der Waals surface area (Å²) in [4.78, 5) is 73.0. The van der Waals surface area contributed by atoms with Gasteiger partial charge in [0.1, 0.15) is 6.61 Å². The Bertz CT molecular complexity index is 1530. The van der Waals surface area contributed by atoms with Crippen molar-refractivity contribution < 1.29 is 52.0 Å². The van der Waals surface area contributed by atoms with Crippen LogP contribution in [0.4, 0.5) is 5.69 Å². The molecule has 15 heteroatoms. The van der Waals surface area contributed by atoms with Crippen molar-refractivity contribution in [3.63, 3.8) is 0 Å². The fraction of sp³-hybridized carbons (Fsp3) is 0.745. The number of hydrogen-bond donors (Lipinski definition) is 2. The van der Waals surface area contributed by atoms with Crippen LogP contribution >= 0.6 is 7.82 Å². The average Bonchev–Trinajstić information content (AvgIpc) is 3.63. The summed E-state index contributed by atoms with van der Waals surface area (Å²) in [6, 6.07) is 6.98. The Labute approximate surface area is 419 Å². The molecule has 2 unspecified atom stereocenters. The van der Waals surface area contributed by atoms with Gasteiger partial charge in [-0.3, -0.25) is 33.0 Å². The van der Waals surface area contributed by atoms with Gasteiger partial charge in [0.05, 0.1) is 18.9 Å². The van der Waals surface area contributed by atoms with E-state index in [2.05, 4.69) is 19.2 Å². The fourth-order valence-electron chi connectivity index (χ4n) is 7.77. The molecule has 66 heavy (non-hydrogen) atoms. The van der Waals surface area contributed by atoms with Crippen LogP contribution < -0.4 is 10.2 Å². The molecule has 3 amide bonds. The molecular weight excluding hydrogens is 871 g/mol. The Morgan fingerprint density at radius 2 is 1.03 bits per heavy atom. The summed E-state index contributed by atoms with van der Waals surface area (Å²) in [5.41, 5.74) is 1.41. The predicted octanol–water partition coefficient (Wildman–Crippen LogP) is 11.7. The van der Waals surface area contributed by atoms with E-state index in [4.69, 9.17) is 18.5 Å². The Balaban J connectivity index is 0.0000218. The van der Waals surface area contributed by atoms with Gasteiger partial charge in [-0.05, 0) is 43.4 Å². The van der Waals surface area contributed by atoms with E-state index in [0.29, 0.717) is 31.4 Å². The van der Waals surface area contributed by atoms with Gasteiger partial charge in [0.15, 0.2) is 6.10 Å². The first kappa shape index (κ1) is 61.6. The molecule has 0 bridgehead atoms. The molecule has 0 fully saturated rings. The Morgan fingerprint density at radius 3 is 1.50 bits per heavy atom. The number of benzene rings is 1. The zero-order valence-corrected chi connectivity index (χ0v) is 44.1. The minimum atomic E-state index is -4.61. The van der Waals surface area contributed by atoms with Crippen LogP contribution in [0.2, 0.25) is 0 Å². The number of unbranched alkanes of at least 4 members (excludes halogenated alkanes) is 24. The Kier molecular flexibility index (Phi) is 37.8. The molecular formula is C51H85N2NaO11P. The van der Waals surface area contributed by atoms with Gasteiger partial charge in [-0.1, -0.05) is 180 Å². The molecule has 1 radical (unpaired) electrons. The summed E-state index contributed by atoms with van der Waals surface area (Å²) in [6.07, 6.45) is 34.0. The zero-order chi connectivity index (χ0) is 47.2. The van der Waals surface area contributed by atoms with Gasteiger partial charge in [0.2, 0.25) is 5.91 Å². The van der Waals surface area contributed by atoms with Crippen molar-refractivity contribution in [2.45, 2.75) is 219 Å². The van der Waals surface area contributed by atoms with Crippen molar-refractivity contribution in [2.75, 3.05) is 31.3 Å². The van der Waals surface area contributed by atoms with Crippen LogP contribution in [0.3, 0.4) is 0 Å². The number of phosphoric ester groups is 1. The van der Waals surface area contributed by atoms with Crippen LogP contribution in [-0.2, 0) is 53.5 Å². The molecule has 0 saturated carbocycles. The third-order valence-corrected chi connectivity index (χ3v) is 12.7. The maximum absolute atomic E-state index is 12.8. The average molecular weight is 956 g/mol. The first-order valence-electron chi connectivity index (χ1n) is 25.4. The third kappa shape index (κ3) is 32.4. The van der Waals surface area contributed by atoms with E-state index >= 15 is 0 Å². The molecule has 0 aliphatic carbocycles. The van der Waals surface area contributed by atoms with E-state index in [1.165, 1.54) is 128 Å². The van der Waals surface area contributed by atoms with Gasteiger partial charge in [-0.2, -0.15) is 0 Å². The number of carbonyl (C=O) groups is 5. The monoisotopic (exact) mass is 956 g/mol. The van der Waals surface area contributed by atoms with Crippen molar-refractivity contribution in [2.24, 2.45) is 0 Å². The molecule has 0 aromatic heterocycles. The molecule has 0 saturated heterocycles. The first-order chi connectivity index (χ1) is 31.5. The SMILES string of the molecule is CCCCCCCCCCCCCCCC(=O)OCC(COP(=O)(O)OCCNC(=O)CCCc1ccc(N2C(=O)C=CC2=O)cc1)OC(=O)CCCCCCCCCCCCCCC.[Na]. The topological polar surface area (TPSA) is 175 Å². The Morgan fingerprint density at radius 1 is 0.591 bits per heavy atom. The minimum absolute atomic E-state index is 0. The maximum atomic E-state index is 12.8. The first-order valence-corrected chi connectivity index (χ1v) is 26.9. The summed E-state index contributed by atoms with van der Waals surface area (Å²) in [5.74, 6) is -1.96. The zero-order valence-electron chi connectivity index (χ0n) is 41.2. The number of nitrogens with zero attached hydrogens (tertiary/aromatic N) is 1. The number of amides is 3. The van der Waals surface area contributed by atoms with E-state index in [9.17, 15) is 33.4 Å². The summed E-state index contributed by atoms with van der Waals surface area (Å²) >= 11 is 0. The number of esters is 2. The number of anilines is 1. The number of hydrogen-bond acceptors (Lipinski definition) is 10. The molecule has 1 heterocycles. The predicted molar refractivity (Wildman–Crippen MR) is 263 cm³/mol. The molecule has 1 aliphatic heterocycles. The maximum Gasteiger partial charge on any atom is 0.472 e. The molecule has 2 atom stereocenters. The number of ether oxygens (including phenoxy) is 2. The van der Waals surface area contributed by atoms with Crippen LogP contribution in [0.1, 0.15) is 212 Å². The quantitative estimate of drug-likeness (QED) is 0.0209. The van der Waals surface area contributed by atoms with E-state index in [1.807, 2.05) is 0 Å². The van der Waals surface area contributed by atoms with Gasteiger partial charge < -0.3 is 19.7 Å². The smallest absolute Gasteiger partial charge is 0.462 e.